The van der Waals surface area contributed by atoms with Crippen LogP contribution < -0.4 is 5.32 Å². The normalized spacial score (nSPS) is 25.6. The molecule has 1 fully saturated rings. The Labute approximate surface area is 91.9 Å². The monoisotopic (exact) mass is 207 g/mol. The smallest absolute Gasteiger partial charge is 0.0492 e. The van der Waals surface area contributed by atoms with Crippen molar-refractivity contribution in [1.82, 2.24) is 15.1 Å². The average molecular weight is 207 g/mol. The largest absolute Gasteiger partial charge is 0.312 e. The summed E-state index contributed by atoms with van der Waals surface area (Å²) in [5.41, 5.74) is 1.62. The minimum Gasteiger partial charge on any atom is -0.312 e. The minimum atomic E-state index is 0.236. The Balaban J connectivity index is 1.84. The van der Waals surface area contributed by atoms with Gasteiger partial charge in [0, 0.05) is 30.4 Å². The van der Waals surface area contributed by atoms with Crippen LogP contribution in [0, 0.1) is 5.92 Å². The number of hydrogen-bond donors (Lipinski definition) is 1. The highest BCUT2D eigenvalue weighted by Gasteiger charge is 2.40. The van der Waals surface area contributed by atoms with Gasteiger partial charge in [-0.1, -0.05) is 0 Å². The van der Waals surface area contributed by atoms with Crippen molar-refractivity contribution < 1.29 is 0 Å². The molecule has 84 valence electrons. The molecule has 0 aromatic carbocycles. The van der Waals surface area contributed by atoms with Crippen molar-refractivity contribution in [3.05, 3.63) is 18.0 Å². The molecule has 1 aliphatic rings. The van der Waals surface area contributed by atoms with Crippen LogP contribution in [0.15, 0.2) is 12.3 Å². The third-order valence-corrected chi connectivity index (χ3v) is 3.06. The van der Waals surface area contributed by atoms with Crippen molar-refractivity contribution >= 4 is 0 Å². The third-order valence-electron chi connectivity index (χ3n) is 3.06. The lowest BCUT2D eigenvalue weighted by molar-refractivity contribution is 0.413. The summed E-state index contributed by atoms with van der Waals surface area (Å²) >= 11 is 0. The number of nitrogens with one attached hydrogen (secondary N) is 1. The fraction of sp³-hybridized carbons (Fsp3) is 0.750. The van der Waals surface area contributed by atoms with Gasteiger partial charge in [-0.05, 0) is 45.7 Å². The van der Waals surface area contributed by atoms with Crippen LogP contribution in [0.1, 0.15) is 38.8 Å². The Morgan fingerprint density at radius 1 is 1.53 bits per heavy atom. The fourth-order valence-corrected chi connectivity index (χ4v) is 2.02. The molecule has 1 aromatic heterocycles. The van der Waals surface area contributed by atoms with Crippen LogP contribution >= 0.6 is 0 Å². The summed E-state index contributed by atoms with van der Waals surface area (Å²) in [5, 5.41) is 7.78. The lowest BCUT2D eigenvalue weighted by atomic mass is 10.1. The summed E-state index contributed by atoms with van der Waals surface area (Å²) in [6, 6.07) is 2.14. The molecule has 2 atom stereocenters. The molecule has 15 heavy (non-hydrogen) atoms. The molecule has 1 saturated carbocycles. The Kier molecular flexibility index (Phi) is 2.59. The molecule has 0 spiro atoms. The molecule has 1 N–H and O–H groups in total. The quantitative estimate of drug-likeness (QED) is 0.820. The van der Waals surface area contributed by atoms with Gasteiger partial charge in [0.2, 0.25) is 0 Å². The highest BCUT2D eigenvalue weighted by atomic mass is 15.3. The molecule has 3 nitrogen and oxygen atoms in total. The Morgan fingerprint density at radius 3 is 2.80 bits per heavy atom. The van der Waals surface area contributed by atoms with Gasteiger partial charge in [0.15, 0.2) is 0 Å². The molecule has 2 unspecified atom stereocenters. The molecule has 0 aliphatic heterocycles. The van der Waals surface area contributed by atoms with E-state index in [1.165, 1.54) is 12.1 Å². The fourth-order valence-electron chi connectivity index (χ4n) is 2.02. The third kappa shape index (κ3) is 2.59. The van der Waals surface area contributed by atoms with Crippen molar-refractivity contribution in [3.8, 4) is 0 Å². The van der Waals surface area contributed by atoms with Gasteiger partial charge in [0.05, 0.1) is 0 Å². The van der Waals surface area contributed by atoms with Gasteiger partial charge in [0.1, 0.15) is 0 Å². The highest BCUT2D eigenvalue weighted by Crippen LogP contribution is 2.46. The topological polar surface area (TPSA) is 29.9 Å². The van der Waals surface area contributed by atoms with E-state index < -0.39 is 0 Å². The van der Waals surface area contributed by atoms with E-state index in [-0.39, 0.29) is 5.54 Å². The second kappa shape index (κ2) is 3.63. The van der Waals surface area contributed by atoms with Gasteiger partial charge >= 0.3 is 0 Å². The maximum Gasteiger partial charge on any atom is 0.0492 e. The maximum atomic E-state index is 4.22. The molecule has 1 aliphatic carbocycles. The van der Waals surface area contributed by atoms with Gasteiger partial charge in [-0.2, -0.15) is 5.10 Å². The molecule has 2 rings (SSSR count). The second-order valence-electron chi connectivity index (χ2n) is 5.61. The Bertz CT molecular complexity index is 335. The molecule has 3 heteroatoms. The molecule has 1 heterocycles. The molecule has 0 saturated heterocycles. The summed E-state index contributed by atoms with van der Waals surface area (Å²) in [5.74, 6) is 1.53. The first-order valence-corrected chi connectivity index (χ1v) is 5.70. The highest BCUT2D eigenvalue weighted by molar-refractivity contribution is 5.17. The zero-order chi connectivity index (χ0) is 11.1. The van der Waals surface area contributed by atoms with E-state index >= 15 is 0 Å². The first-order valence-electron chi connectivity index (χ1n) is 5.70. The van der Waals surface area contributed by atoms with Crippen LogP contribution in [-0.2, 0) is 7.05 Å². The standard InChI is InChI=1S/C12H21N3/c1-12(2,3)13-8-9-7-10(9)11-5-6-14-15(11)4/h5-6,9-10,13H,7-8H2,1-4H3. The predicted octanol–water partition coefficient (Wildman–Crippen LogP) is 1.91. The van der Waals surface area contributed by atoms with Crippen molar-refractivity contribution in [3.63, 3.8) is 0 Å². The summed E-state index contributed by atoms with van der Waals surface area (Å²) < 4.78 is 2.00. The molecule has 0 bridgehead atoms. The predicted molar refractivity (Wildman–Crippen MR) is 61.8 cm³/mol. The number of nitrogens with zero attached hydrogens (tertiary/aromatic N) is 2. The summed E-state index contributed by atoms with van der Waals surface area (Å²) in [7, 11) is 2.03. The number of aromatic nitrogens is 2. The van der Waals surface area contributed by atoms with Gasteiger partial charge in [-0.25, -0.2) is 0 Å². The number of hydrogen-bond acceptors (Lipinski definition) is 2. The SMILES string of the molecule is Cn1nccc1C1CC1CNC(C)(C)C. The van der Waals surface area contributed by atoms with E-state index in [9.17, 15) is 0 Å². The lowest BCUT2D eigenvalue weighted by Crippen LogP contribution is -2.37. The van der Waals surface area contributed by atoms with Crippen LogP contribution in [-0.4, -0.2) is 21.9 Å². The van der Waals surface area contributed by atoms with Gasteiger partial charge in [-0.15, -0.1) is 0 Å². The maximum absolute atomic E-state index is 4.22. The van der Waals surface area contributed by atoms with Gasteiger partial charge < -0.3 is 5.32 Å². The van der Waals surface area contributed by atoms with E-state index in [2.05, 4.69) is 37.3 Å². The van der Waals surface area contributed by atoms with Crippen LogP contribution in [0.5, 0.6) is 0 Å². The Hall–Kier alpha value is -0.830. The number of rotatable bonds is 3. The van der Waals surface area contributed by atoms with E-state index in [4.69, 9.17) is 0 Å². The summed E-state index contributed by atoms with van der Waals surface area (Å²) in [6.45, 7) is 7.77. The van der Waals surface area contributed by atoms with Crippen molar-refractivity contribution in [2.45, 2.75) is 38.6 Å². The van der Waals surface area contributed by atoms with Crippen LogP contribution in [0.4, 0.5) is 0 Å². The molecule has 0 amide bonds. The summed E-state index contributed by atoms with van der Waals surface area (Å²) in [6.07, 6.45) is 3.20. The summed E-state index contributed by atoms with van der Waals surface area (Å²) in [4.78, 5) is 0. The second-order valence-corrected chi connectivity index (χ2v) is 5.61. The first kappa shape index (κ1) is 10.7. The van der Waals surface area contributed by atoms with Crippen LogP contribution in [0.3, 0.4) is 0 Å². The van der Waals surface area contributed by atoms with Crippen LogP contribution in [0.25, 0.3) is 0 Å². The van der Waals surface area contributed by atoms with Gasteiger partial charge in [-0.3, -0.25) is 4.68 Å². The minimum absolute atomic E-state index is 0.236. The van der Waals surface area contributed by atoms with Crippen molar-refractivity contribution in [2.24, 2.45) is 13.0 Å². The van der Waals surface area contributed by atoms with Crippen molar-refractivity contribution in [1.29, 1.82) is 0 Å². The first-order chi connectivity index (χ1) is 6.97. The zero-order valence-corrected chi connectivity index (χ0v) is 10.1. The number of aryl methyl sites for hydroxylation is 1. The molecular formula is C12H21N3. The molecule has 0 radical (unpaired) electrons. The van der Waals surface area contributed by atoms with Crippen LogP contribution in [0.2, 0.25) is 0 Å². The zero-order valence-electron chi connectivity index (χ0n) is 10.1. The lowest BCUT2D eigenvalue weighted by Gasteiger charge is -2.20. The average Bonchev–Trinajstić information content (AvgIpc) is 2.77. The van der Waals surface area contributed by atoms with Crippen molar-refractivity contribution in [2.75, 3.05) is 6.54 Å². The van der Waals surface area contributed by atoms with E-state index in [1.54, 1.807) is 0 Å². The molecular weight excluding hydrogens is 186 g/mol. The van der Waals surface area contributed by atoms with E-state index in [0.29, 0.717) is 0 Å². The van der Waals surface area contributed by atoms with Gasteiger partial charge in [0.25, 0.3) is 0 Å². The Morgan fingerprint density at radius 2 is 2.27 bits per heavy atom. The van der Waals surface area contributed by atoms with E-state index in [1.807, 2.05) is 17.9 Å². The molecule has 1 aromatic rings. The van der Waals surface area contributed by atoms with E-state index in [0.717, 1.165) is 18.4 Å².